The second-order valence-electron chi connectivity index (χ2n) is 4.11. The van der Waals surface area contributed by atoms with Crippen molar-refractivity contribution in [2.75, 3.05) is 23.9 Å². The first-order chi connectivity index (χ1) is 7.11. The molecule has 3 heteroatoms. The van der Waals surface area contributed by atoms with E-state index in [-0.39, 0.29) is 11.9 Å². The highest BCUT2D eigenvalue weighted by molar-refractivity contribution is 5.98. The van der Waals surface area contributed by atoms with Crippen molar-refractivity contribution < 1.29 is 4.79 Å². The van der Waals surface area contributed by atoms with Crippen molar-refractivity contribution >= 4 is 17.3 Å². The zero-order valence-electron chi connectivity index (χ0n) is 9.40. The van der Waals surface area contributed by atoms with Crippen LogP contribution in [0.5, 0.6) is 0 Å². The van der Waals surface area contributed by atoms with E-state index in [0.717, 1.165) is 11.4 Å². The van der Waals surface area contributed by atoms with E-state index in [2.05, 4.69) is 17.9 Å². The Morgan fingerprint density at radius 1 is 1.20 bits per heavy atom. The average molecular weight is 204 g/mol. The standard InChI is InChI=1S/C12H16N2O/c1-9-8-12(15)14(3)11-7-5-4-6-10(11)13(9)2/h4-7,9H,8H2,1-3H3/t9-/m1/s1. The van der Waals surface area contributed by atoms with Gasteiger partial charge in [0.15, 0.2) is 0 Å². The van der Waals surface area contributed by atoms with E-state index in [1.54, 1.807) is 4.90 Å². The second kappa shape index (κ2) is 3.57. The molecule has 0 unspecified atom stereocenters. The number of nitrogens with zero attached hydrogens (tertiary/aromatic N) is 2. The molecule has 0 aliphatic carbocycles. The lowest BCUT2D eigenvalue weighted by Crippen LogP contribution is -2.31. The average Bonchev–Trinajstić information content (AvgIpc) is 2.33. The van der Waals surface area contributed by atoms with Crippen LogP contribution < -0.4 is 9.80 Å². The molecule has 1 atom stereocenters. The number of hydrogen-bond acceptors (Lipinski definition) is 2. The Bertz CT molecular complexity index is 389. The largest absolute Gasteiger partial charge is 0.370 e. The molecule has 1 aromatic carbocycles. The Morgan fingerprint density at radius 2 is 1.80 bits per heavy atom. The van der Waals surface area contributed by atoms with Gasteiger partial charge in [-0.2, -0.15) is 0 Å². The summed E-state index contributed by atoms with van der Waals surface area (Å²) in [6.45, 7) is 2.08. The molecule has 0 radical (unpaired) electrons. The van der Waals surface area contributed by atoms with Crippen molar-refractivity contribution in [2.24, 2.45) is 0 Å². The van der Waals surface area contributed by atoms with Gasteiger partial charge in [0.2, 0.25) is 5.91 Å². The third kappa shape index (κ3) is 1.58. The van der Waals surface area contributed by atoms with E-state index in [0.29, 0.717) is 6.42 Å². The van der Waals surface area contributed by atoms with Crippen LogP contribution in [0.4, 0.5) is 11.4 Å². The zero-order valence-corrected chi connectivity index (χ0v) is 9.40. The lowest BCUT2D eigenvalue weighted by Gasteiger charge is -2.25. The van der Waals surface area contributed by atoms with Gasteiger partial charge >= 0.3 is 0 Å². The molecule has 80 valence electrons. The maximum atomic E-state index is 11.8. The highest BCUT2D eigenvalue weighted by Crippen LogP contribution is 2.32. The van der Waals surface area contributed by atoms with E-state index in [4.69, 9.17) is 0 Å². The molecule has 0 spiro atoms. The van der Waals surface area contributed by atoms with Crippen LogP contribution in [0.3, 0.4) is 0 Å². The Kier molecular flexibility index (Phi) is 2.39. The Morgan fingerprint density at radius 3 is 2.47 bits per heavy atom. The van der Waals surface area contributed by atoms with Gasteiger partial charge in [-0.3, -0.25) is 4.79 Å². The number of hydrogen-bond donors (Lipinski definition) is 0. The van der Waals surface area contributed by atoms with Gasteiger partial charge in [0.25, 0.3) is 0 Å². The van der Waals surface area contributed by atoms with E-state index < -0.39 is 0 Å². The van der Waals surface area contributed by atoms with Crippen LogP contribution in [0.15, 0.2) is 24.3 Å². The maximum absolute atomic E-state index is 11.8. The lowest BCUT2D eigenvalue weighted by atomic mass is 10.2. The van der Waals surface area contributed by atoms with E-state index in [9.17, 15) is 4.79 Å². The summed E-state index contributed by atoms with van der Waals surface area (Å²) in [4.78, 5) is 15.7. The lowest BCUT2D eigenvalue weighted by molar-refractivity contribution is -0.118. The van der Waals surface area contributed by atoms with Gasteiger partial charge in [0.05, 0.1) is 11.4 Å². The molecule has 0 saturated carbocycles. The molecule has 0 bridgehead atoms. The molecule has 1 aliphatic heterocycles. The molecule has 2 rings (SSSR count). The van der Waals surface area contributed by atoms with Gasteiger partial charge < -0.3 is 9.80 Å². The summed E-state index contributed by atoms with van der Waals surface area (Å²) in [6.07, 6.45) is 0.571. The van der Waals surface area contributed by atoms with Gasteiger partial charge in [-0.05, 0) is 19.1 Å². The molecular weight excluding hydrogens is 188 g/mol. The molecule has 0 saturated heterocycles. The van der Waals surface area contributed by atoms with Gasteiger partial charge in [-0.1, -0.05) is 12.1 Å². The Hall–Kier alpha value is -1.51. The summed E-state index contributed by atoms with van der Waals surface area (Å²) >= 11 is 0. The van der Waals surface area contributed by atoms with E-state index >= 15 is 0 Å². The predicted octanol–water partition coefficient (Wildman–Crippen LogP) is 1.88. The number of amides is 1. The van der Waals surface area contributed by atoms with Crippen LogP contribution in [0.1, 0.15) is 13.3 Å². The van der Waals surface area contributed by atoms with Crippen molar-refractivity contribution in [1.29, 1.82) is 0 Å². The second-order valence-corrected chi connectivity index (χ2v) is 4.11. The minimum Gasteiger partial charge on any atom is -0.370 e. The highest BCUT2D eigenvalue weighted by Gasteiger charge is 2.25. The number of fused-ring (bicyclic) bond motifs is 1. The number of para-hydroxylation sites is 2. The molecule has 3 nitrogen and oxygen atoms in total. The fourth-order valence-corrected chi connectivity index (χ4v) is 1.94. The molecule has 1 heterocycles. The number of carbonyl (C=O) groups excluding carboxylic acids is 1. The Labute approximate surface area is 90.3 Å². The van der Waals surface area contributed by atoms with Crippen LogP contribution in [-0.2, 0) is 4.79 Å². The summed E-state index contributed by atoms with van der Waals surface area (Å²) < 4.78 is 0. The smallest absolute Gasteiger partial charge is 0.228 e. The Balaban J connectivity index is 2.54. The normalized spacial score (nSPS) is 21.3. The first kappa shape index (κ1) is 10.0. The molecule has 1 aliphatic rings. The van der Waals surface area contributed by atoms with Crippen LogP contribution in [0, 0.1) is 0 Å². The molecule has 0 fully saturated rings. The predicted molar refractivity (Wildman–Crippen MR) is 62.3 cm³/mol. The van der Waals surface area contributed by atoms with Crippen molar-refractivity contribution in [1.82, 2.24) is 0 Å². The molecule has 0 aromatic heterocycles. The van der Waals surface area contributed by atoms with Gasteiger partial charge in [0.1, 0.15) is 0 Å². The van der Waals surface area contributed by atoms with Gasteiger partial charge in [0, 0.05) is 26.6 Å². The molecule has 15 heavy (non-hydrogen) atoms. The third-order valence-electron chi connectivity index (χ3n) is 3.13. The van der Waals surface area contributed by atoms with E-state index in [1.807, 2.05) is 32.3 Å². The number of benzene rings is 1. The van der Waals surface area contributed by atoms with Crippen LogP contribution >= 0.6 is 0 Å². The molecule has 1 amide bonds. The number of carbonyl (C=O) groups is 1. The summed E-state index contributed by atoms with van der Waals surface area (Å²) in [5.74, 6) is 0.180. The highest BCUT2D eigenvalue weighted by atomic mass is 16.2. The maximum Gasteiger partial charge on any atom is 0.228 e. The first-order valence-corrected chi connectivity index (χ1v) is 5.19. The van der Waals surface area contributed by atoms with Crippen molar-refractivity contribution in [3.8, 4) is 0 Å². The summed E-state index contributed by atoms with van der Waals surface area (Å²) in [5, 5.41) is 0. The summed E-state index contributed by atoms with van der Waals surface area (Å²) in [7, 11) is 3.88. The van der Waals surface area contributed by atoms with E-state index in [1.165, 1.54) is 0 Å². The fourth-order valence-electron chi connectivity index (χ4n) is 1.94. The van der Waals surface area contributed by atoms with Crippen LogP contribution in [0.2, 0.25) is 0 Å². The minimum absolute atomic E-state index is 0.180. The quantitative estimate of drug-likeness (QED) is 0.644. The fraction of sp³-hybridized carbons (Fsp3) is 0.417. The topological polar surface area (TPSA) is 23.6 Å². The molecule has 0 N–H and O–H groups in total. The summed E-state index contributed by atoms with van der Waals surface area (Å²) in [6, 6.07) is 8.27. The minimum atomic E-state index is 0.180. The van der Waals surface area contributed by atoms with Gasteiger partial charge in [-0.25, -0.2) is 0 Å². The van der Waals surface area contributed by atoms with Crippen molar-refractivity contribution in [2.45, 2.75) is 19.4 Å². The summed E-state index contributed by atoms with van der Waals surface area (Å²) in [5.41, 5.74) is 2.12. The SMILES string of the molecule is C[C@@H]1CC(=O)N(C)c2ccccc2N1C. The third-order valence-corrected chi connectivity index (χ3v) is 3.13. The number of rotatable bonds is 0. The van der Waals surface area contributed by atoms with Crippen LogP contribution in [-0.4, -0.2) is 26.0 Å². The van der Waals surface area contributed by atoms with Crippen molar-refractivity contribution in [3.05, 3.63) is 24.3 Å². The molecule has 1 aromatic rings. The first-order valence-electron chi connectivity index (χ1n) is 5.19. The monoisotopic (exact) mass is 204 g/mol. The van der Waals surface area contributed by atoms with Crippen LogP contribution in [0.25, 0.3) is 0 Å². The number of anilines is 2. The van der Waals surface area contributed by atoms with Crippen molar-refractivity contribution in [3.63, 3.8) is 0 Å². The zero-order chi connectivity index (χ0) is 11.0. The van der Waals surface area contributed by atoms with Gasteiger partial charge in [-0.15, -0.1) is 0 Å². The molecular formula is C12H16N2O.